The molecule has 2 aromatic carbocycles. The van der Waals surface area contributed by atoms with E-state index in [0.717, 1.165) is 5.69 Å². The van der Waals surface area contributed by atoms with Crippen LogP contribution in [0, 0.1) is 6.92 Å². The molecule has 3 aromatic rings. The van der Waals surface area contributed by atoms with E-state index in [2.05, 4.69) is 0 Å². The van der Waals surface area contributed by atoms with Crippen LogP contribution in [0.3, 0.4) is 0 Å². The fraction of sp³-hybridized carbons (Fsp3) is 0.158. The first-order chi connectivity index (χ1) is 11.9. The summed E-state index contributed by atoms with van der Waals surface area (Å²) in [4.78, 5) is 27.1. The van der Waals surface area contributed by atoms with Gasteiger partial charge >= 0.3 is 0 Å². The van der Waals surface area contributed by atoms with Gasteiger partial charge in [-0.25, -0.2) is 4.68 Å². The molecule has 1 heterocycles. The molecular formula is C19H18ClN3O2. The Balaban J connectivity index is 2.07. The molecule has 5 nitrogen and oxygen atoms in total. The second kappa shape index (κ2) is 6.61. The van der Waals surface area contributed by atoms with E-state index in [9.17, 15) is 9.59 Å². The minimum absolute atomic E-state index is 0.240. The normalized spacial score (nSPS) is 10.7. The van der Waals surface area contributed by atoms with Crippen molar-refractivity contribution in [2.24, 2.45) is 7.05 Å². The summed E-state index contributed by atoms with van der Waals surface area (Å²) in [6, 6.07) is 15.9. The minimum Gasteiger partial charge on any atom is -0.305 e. The third-order valence-corrected chi connectivity index (χ3v) is 4.51. The van der Waals surface area contributed by atoms with E-state index in [4.69, 9.17) is 11.6 Å². The zero-order valence-corrected chi connectivity index (χ0v) is 15.0. The van der Waals surface area contributed by atoms with Crippen molar-refractivity contribution in [1.82, 2.24) is 9.36 Å². The molecule has 0 atom stereocenters. The summed E-state index contributed by atoms with van der Waals surface area (Å²) in [5.74, 6) is -0.261. The quantitative estimate of drug-likeness (QED) is 0.722. The van der Waals surface area contributed by atoms with Crippen LogP contribution in [0.1, 0.15) is 16.1 Å². The average Bonchev–Trinajstić information content (AvgIpc) is 2.84. The molecule has 0 fully saturated rings. The van der Waals surface area contributed by atoms with Crippen molar-refractivity contribution < 1.29 is 4.79 Å². The number of amides is 1. The van der Waals surface area contributed by atoms with Crippen molar-refractivity contribution >= 4 is 23.2 Å². The van der Waals surface area contributed by atoms with E-state index in [1.54, 1.807) is 47.7 Å². The van der Waals surface area contributed by atoms with Gasteiger partial charge in [0.2, 0.25) is 0 Å². The molecule has 1 aromatic heterocycles. The van der Waals surface area contributed by atoms with E-state index in [-0.39, 0.29) is 11.5 Å². The molecule has 0 saturated carbocycles. The molecule has 0 spiro atoms. The summed E-state index contributed by atoms with van der Waals surface area (Å²) >= 11 is 5.87. The largest absolute Gasteiger partial charge is 0.305 e. The molecule has 0 N–H and O–H groups in total. The third-order valence-electron chi connectivity index (χ3n) is 4.26. The van der Waals surface area contributed by atoms with E-state index in [1.807, 2.05) is 37.3 Å². The zero-order chi connectivity index (χ0) is 18.1. The predicted molar refractivity (Wildman–Crippen MR) is 99.9 cm³/mol. The Labute approximate surface area is 150 Å². The molecule has 0 aliphatic rings. The first kappa shape index (κ1) is 17.0. The van der Waals surface area contributed by atoms with Crippen molar-refractivity contribution in [3.05, 3.63) is 81.2 Å². The van der Waals surface area contributed by atoms with Crippen LogP contribution in [0.2, 0.25) is 5.02 Å². The highest BCUT2D eigenvalue weighted by Crippen LogP contribution is 2.20. The van der Waals surface area contributed by atoms with Gasteiger partial charge in [-0.05, 0) is 43.3 Å². The van der Waals surface area contributed by atoms with Gasteiger partial charge in [-0.2, -0.15) is 0 Å². The molecule has 0 saturated heterocycles. The number of nitrogens with zero attached hydrogens (tertiary/aromatic N) is 3. The Hall–Kier alpha value is -2.79. The number of rotatable bonds is 3. The van der Waals surface area contributed by atoms with E-state index >= 15 is 0 Å². The molecule has 25 heavy (non-hydrogen) atoms. The van der Waals surface area contributed by atoms with Gasteiger partial charge in [-0.1, -0.05) is 29.8 Å². The molecule has 0 aliphatic carbocycles. The summed E-state index contributed by atoms with van der Waals surface area (Å²) in [6.07, 6.45) is 0. The van der Waals surface area contributed by atoms with Crippen LogP contribution in [0.4, 0.5) is 5.69 Å². The maximum absolute atomic E-state index is 13.0. The number of carbonyl (C=O) groups excluding carboxylic acids is 1. The monoisotopic (exact) mass is 355 g/mol. The minimum atomic E-state index is -0.261. The maximum atomic E-state index is 13.0. The van der Waals surface area contributed by atoms with Crippen LogP contribution < -0.4 is 10.5 Å². The van der Waals surface area contributed by atoms with Crippen LogP contribution in [0.15, 0.2) is 59.4 Å². The van der Waals surface area contributed by atoms with Gasteiger partial charge in [0.1, 0.15) is 5.69 Å². The molecule has 128 valence electrons. The van der Waals surface area contributed by atoms with Crippen molar-refractivity contribution in [1.29, 1.82) is 0 Å². The molecular weight excluding hydrogens is 338 g/mol. The Kier molecular flexibility index (Phi) is 4.51. The van der Waals surface area contributed by atoms with E-state index in [0.29, 0.717) is 22.0 Å². The lowest BCUT2D eigenvalue weighted by Crippen LogP contribution is -2.31. The van der Waals surface area contributed by atoms with Crippen molar-refractivity contribution in [2.75, 3.05) is 11.9 Å². The van der Waals surface area contributed by atoms with Gasteiger partial charge in [0.15, 0.2) is 0 Å². The van der Waals surface area contributed by atoms with Crippen LogP contribution in [-0.2, 0) is 7.05 Å². The number of anilines is 1. The summed E-state index contributed by atoms with van der Waals surface area (Å²) in [5, 5.41) is 0.557. The van der Waals surface area contributed by atoms with Crippen molar-refractivity contribution in [3.8, 4) is 5.69 Å². The highest BCUT2D eigenvalue weighted by atomic mass is 35.5. The number of benzene rings is 2. The first-order valence-corrected chi connectivity index (χ1v) is 8.17. The lowest BCUT2D eigenvalue weighted by atomic mass is 10.2. The van der Waals surface area contributed by atoms with Crippen LogP contribution in [0.25, 0.3) is 5.69 Å². The fourth-order valence-corrected chi connectivity index (χ4v) is 2.95. The topological polar surface area (TPSA) is 47.2 Å². The number of aromatic nitrogens is 2. The van der Waals surface area contributed by atoms with Gasteiger partial charge < -0.3 is 4.90 Å². The number of carbonyl (C=O) groups is 1. The lowest BCUT2D eigenvalue weighted by molar-refractivity contribution is 0.0992. The zero-order valence-electron chi connectivity index (χ0n) is 14.2. The Bertz CT molecular complexity index is 972. The summed E-state index contributed by atoms with van der Waals surface area (Å²) < 4.78 is 3.30. The summed E-state index contributed by atoms with van der Waals surface area (Å²) in [7, 11) is 3.41. The Morgan fingerprint density at radius 1 is 1.04 bits per heavy atom. The molecule has 0 radical (unpaired) electrons. The van der Waals surface area contributed by atoms with Gasteiger partial charge in [0.05, 0.1) is 11.4 Å². The van der Waals surface area contributed by atoms with Gasteiger partial charge in [-0.15, -0.1) is 0 Å². The average molecular weight is 356 g/mol. The van der Waals surface area contributed by atoms with Crippen molar-refractivity contribution in [3.63, 3.8) is 0 Å². The number of hydrogen-bond acceptors (Lipinski definition) is 2. The molecule has 3 rings (SSSR count). The Morgan fingerprint density at radius 3 is 2.24 bits per heavy atom. The standard InChI is InChI=1S/C19H18ClN3O2/c1-13-17(21(2)18(24)14-9-11-15(20)12-10-14)19(25)23(22(13)3)16-7-5-4-6-8-16/h4-12H,1-3H3. The molecule has 1 amide bonds. The number of hydrogen-bond donors (Lipinski definition) is 0. The van der Waals surface area contributed by atoms with Gasteiger partial charge in [0, 0.05) is 24.7 Å². The molecule has 0 aliphatic heterocycles. The number of halogens is 1. The number of para-hydroxylation sites is 1. The van der Waals surface area contributed by atoms with Crippen LogP contribution >= 0.6 is 11.6 Å². The molecule has 0 bridgehead atoms. The fourth-order valence-electron chi connectivity index (χ4n) is 2.83. The Morgan fingerprint density at radius 2 is 1.64 bits per heavy atom. The molecule has 0 unspecified atom stereocenters. The SMILES string of the molecule is Cc1c(N(C)C(=O)c2ccc(Cl)cc2)c(=O)n(-c2ccccc2)n1C. The lowest BCUT2D eigenvalue weighted by Gasteiger charge is -2.15. The summed E-state index contributed by atoms with van der Waals surface area (Å²) in [5.41, 5.74) is 2.04. The maximum Gasteiger partial charge on any atom is 0.295 e. The highest BCUT2D eigenvalue weighted by Gasteiger charge is 2.23. The van der Waals surface area contributed by atoms with Crippen molar-refractivity contribution in [2.45, 2.75) is 6.92 Å². The first-order valence-electron chi connectivity index (χ1n) is 7.79. The predicted octanol–water partition coefficient (Wildman–Crippen LogP) is 3.41. The second-order valence-electron chi connectivity index (χ2n) is 5.78. The second-order valence-corrected chi connectivity index (χ2v) is 6.22. The van der Waals surface area contributed by atoms with Gasteiger partial charge in [0.25, 0.3) is 11.5 Å². The third kappa shape index (κ3) is 2.98. The van der Waals surface area contributed by atoms with Gasteiger partial charge in [-0.3, -0.25) is 14.3 Å². The van der Waals surface area contributed by atoms with Crippen LogP contribution in [0.5, 0.6) is 0 Å². The summed E-state index contributed by atoms with van der Waals surface area (Å²) in [6.45, 7) is 1.82. The smallest absolute Gasteiger partial charge is 0.295 e. The van der Waals surface area contributed by atoms with E-state index < -0.39 is 0 Å². The van der Waals surface area contributed by atoms with Crippen LogP contribution in [-0.4, -0.2) is 22.3 Å². The van der Waals surface area contributed by atoms with E-state index in [1.165, 1.54) is 4.90 Å². The molecule has 6 heteroatoms. The highest BCUT2D eigenvalue weighted by molar-refractivity contribution is 6.30.